The fourth-order valence-electron chi connectivity index (χ4n) is 3.20. The largest absolute Gasteiger partial charge is 0.493 e. The Morgan fingerprint density at radius 2 is 1.33 bits per heavy atom. The molecule has 6 heteroatoms. The van der Waals surface area contributed by atoms with Crippen LogP contribution in [0.3, 0.4) is 0 Å². The highest BCUT2D eigenvalue weighted by molar-refractivity contribution is 5.89. The minimum atomic E-state index is -0.468. The van der Waals surface area contributed by atoms with Crippen molar-refractivity contribution in [3.05, 3.63) is 89.5 Å². The summed E-state index contributed by atoms with van der Waals surface area (Å²) in [5.41, 5.74) is 5.13. The van der Waals surface area contributed by atoms with E-state index < -0.39 is 5.92 Å². The summed E-state index contributed by atoms with van der Waals surface area (Å²) in [4.78, 5) is 13.0. The second kappa shape index (κ2) is 10.1. The molecule has 0 aliphatic carbocycles. The molecule has 3 rings (SSSR count). The Hall–Kier alpha value is -3.80. The first-order valence-corrected chi connectivity index (χ1v) is 9.40. The molecule has 0 fully saturated rings. The van der Waals surface area contributed by atoms with Crippen LogP contribution in [0.5, 0.6) is 17.2 Å². The lowest BCUT2D eigenvalue weighted by Crippen LogP contribution is -2.26. The van der Waals surface area contributed by atoms with Crippen molar-refractivity contribution < 1.29 is 19.0 Å². The number of carbonyl (C=O) groups excluding carboxylic acids is 1. The molecule has 3 aromatic carbocycles. The van der Waals surface area contributed by atoms with E-state index in [9.17, 15) is 4.79 Å². The average Bonchev–Trinajstić information content (AvgIpc) is 2.80. The van der Waals surface area contributed by atoms with Gasteiger partial charge >= 0.3 is 0 Å². The fourth-order valence-corrected chi connectivity index (χ4v) is 3.20. The molecule has 30 heavy (non-hydrogen) atoms. The molecule has 6 nitrogen and oxygen atoms in total. The molecule has 0 saturated carbocycles. The molecule has 0 saturated heterocycles. The Morgan fingerprint density at radius 1 is 0.833 bits per heavy atom. The molecule has 0 atom stereocenters. The number of ether oxygens (including phenoxy) is 3. The topological polar surface area (TPSA) is 69.2 Å². The Morgan fingerprint density at radius 3 is 1.77 bits per heavy atom. The van der Waals surface area contributed by atoms with Crippen molar-refractivity contribution in [3.8, 4) is 17.2 Å². The number of hydrogen-bond acceptors (Lipinski definition) is 5. The third kappa shape index (κ3) is 4.78. The molecule has 0 heterocycles. The third-order valence-electron chi connectivity index (χ3n) is 4.60. The zero-order chi connectivity index (χ0) is 21.3. The van der Waals surface area contributed by atoms with Gasteiger partial charge in [-0.2, -0.15) is 5.10 Å². The van der Waals surface area contributed by atoms with Gasteiger partial charge in [0.1, 0.15) is 0 Å². The van der Waals surface area contributed by atoms with Gasteiger partial charge in [0.05, 0.1) is 33.5 Å². The van der Waals surface area contributed by atoms with Crippen molar-refractivity contribution in [2.75, 3.05) is 21.3 Å². The molecule has 3 aromatic rings. The summed E-state index contributed by atoms with van der Waals surface area (Å²) in [5, 5.41) is 4.14. The summed E-state index contributed by atoms with van der Waals surface area (Å²) in [6.45, 7) is 0. The lowest BCUT2D eigenvalue weighted by molar-refractivity contribution is -0.121. The number of nitrogens with zero attached hydrogens (tertiary/aromatic N) is 1. The van der Waals surface area contributed by atoms with Crippen LogP contribution in [0.1, 0.15) is 22.6 Å². The van der Waals surface area contributed by atoms with Crippen molar-refractivity contribution in [3.63, 3.8) is 0 Å². The van der Waals surface area contributed by atoms with Gasteiger partial charge in [-0.3, -0.25) is 4.79 Å². The number of carbonyl (C=O) groups is 1. The highest BCUT2D eigenvalue weighted by atomic mass is 16.5. The van der Waals surface area contributed by atoms with E-state index in [4.69, 9.17) is 14.2 Å². The molecule has 0 aliphatic rings. The number of amides is 1. The minimum Gasteiger partial charge on any atom is -0.493 e. The first kappa shape index (κ1) is 20.9. The Bertz CT molecular complexity index is 940. The molecule has 1 N–H and O–H groups in total. The maximum Gasteiger partial charge on any atom is 0.252 e. The van der Waals surface area contributed by atoms with Crippen molar-refractivity contribution in [2.45, 2.75) is 5.92 Å². The summed E-state index contributed by atoms with van der Waals surface area (Å²) >= 11 is 0. The highest BCUT2D eigenvalue weighted by Gasteiger charge is 2.22. The van der Waals surface area contributed by atoms with Gasteiger partial charge in [0.25, 0.3) is 5.91 Å². The number of hydrogen-bond donors (Lipinski definition) is 1. The van der Waals surface area contributed by atoms with Gasteiger partial charge in [-0.25, -0.2) is 5.43 Å². The van der Waals surface area contributed by atoms with Gasteiger partial charge in [0.15, 0.2) is 11.5 Å². The molecule has 0 aromatic heterocycles. The maximum absolute atomic E-state index is 13.0. The van der Waals surface area contributed by atoms with Gasteiger partial charge in [-0.15, -0.1) is 0 Å². The summed E-state index contributed by atoms with van der Waals surface area (Å²) in [6, 6.07) is 22.7. The van der Waals surface area contributed by atoms with Gasteiger partial charge < -0.3 is 14.2 Å². The minimum absolute atomic E-state index is 0.226. The van der Waals surface area contributed by atoms with Crippen molar-refractivity contribution in [2.24, 2.45) is 5.10 Å². The Balaban J connectivity index is 1.83. The Kier molecular flexibility index (Phi) is 7.05. The van der Waals surface area contributed by atoms with Crippen LogP contribution in [-0.4, -0.2) is 33.5 Å². The summed E-state index contributed by atoms with van der Waals surface area (Å²) in [5.74, 6) is 0.821. The number of benzene rings is 3. The maximum atomic E-state index is 13.0. The van der Waals surface area contributed by atoms with Gasteiger partial charge in [0.2, 0.25) is 5.75 Å². The predicted molar refractivity (Wildman–Crippen MR) is 117 cm³/mol. The molecule has 154 valence electrons. The van der Waals surface area contributed by atoms with Crippen molar-refractivity contribution in [1.29, 1.82) is 0 Å². The van der Waals surface area contributed by atoms with Crippen LogP contribution in [-0.2, 0) is 4.79 Å². The highest BCUT2D eigenvalue weighted by Crippen LogP contribution is 2.37. The second-order valence-corrected chi connectivity index (χ2v) is 6.45. The smallest absolute Gasteiger partial charge is 0.252 e. The number of methoxy groups -OCH3 is 3. The van der Waals surface area contributed by atoms with Crippen LogP contribution in [0.2, 0.25) is 0 Å². The molecule has 0 radical (unpaired) electrons. The van der Waals surface area contributed by atoms with Crippen molar-refractivity contribution >= 4 is 12.1 Å². The molecular formula is C24H24N2O4. The van der Waals surface area contributed by atoms with Crippen LogP contribution in [0.15, 0.2) is 77.9 Å². The first-order chi connectivity index (χ1) is 14.7. The molecular weight excluding hydrogens is 380 g/mol. The average molecular weight is 404 g/mol. The number of nitrogens with one attached hydrogen (secondary N) is 1. The zero-order valence-electron chi connectivity index (χ0n) is 17.2. The summed E-state index contributed by atoms with van der Waals surface area (Å²) < 4.78 is 16.0. The molecule has 0 spiro atoms. The lowest BCUT2D eigenvalue weighted by Gasteiger charge is -2.16. The number of hydrazone groups is 1. The fraction of sp³-hybridized carbons (Fsp3) is 0.167. The Labute approximate surface area is 176 Å². The molecule has 0 aliphatic heterocycles. The SMILES string of the molecule is COc1cc(C=NNC(=O)C(c2ccccc2)c2ccccc2)cc(OC)c1OC. The third-order valence-corrected chi connectivity index (χ3v) is 4.60. The summed E-state index contributed by atoms with van der Waals surface area (Å²) in [7, 11) is 4.64. The number of rotatable bonds is 8. The quantitative estimate of drug-likeness (QED) is 0.455. The van der Waals surface area contributed by atoms with Crippen LogP contribution in [0.25, 0.3) is 0 Å². The van der Waals surface area contributed by atoms with Crippen LogP contribution >= 0.6 is 0 Å². The van der Waals surface area contributed by atoms with E-state index in [0.29, 0.717) is 22.8 Å². The van der Waals surface area contributed by atoms with E-state index in [2.05, 4.69) is 10.5 Å². The standard InChI is InChI=1S/C24H24N2O4/c1-28-20-14-17(15-21(29-2)23(20)30-3)16-25-26-24(27)22(18-10-6-4-7-11-18)19-12-8-5-9-13-19/h4-16,22H,1-3H3,(H,26,27). The van der Waals surface area contributed by atoms with E-state index in [1.807, 2.05) is 60.7 Å². The molecule has 1 amide bonds. The molecule has 0 bridgehead atoms. The van der Waals surface area contributed by atoms with E-state index in [1.165, 1.54) is 6.21 Å². The summed E-state index contributed by atoms with van der Waals surface area (Å²) in [6.07, 6.45) is 1.54. The van der Waals surface area contributed by atoms with Gasteiger partial charge in [-0.05, 0) is 23.3 Å². The zero-order valence-corrected chi connectivity index (χ0v) is 17.2. The molecule has 0 unspecified atom stereocenters. The normalized spacial score (nSPS) is 10.8. The van der Waals surface area contributed by atoms with E-state index in [0.717, 1.165) is 11.1 Å². The predicted octanol–water partition coefficient (Wildman–Crippen LogP) is 3.99. The first-order valence-electron chi connectivity index (χ1n) is 9.40. The van der Waals surface area contributed by atoms with E-state index in [1.54, 1.807) is 33.5 Å². The monoisotopic (exact) mass is 404 g/mol. The lowest BCUT2D eigenvalue weighted by atomic mass is 9.91. The van der Waals surface area contributed by atoms with Gasteiger partial charge in [-0.1, -0.05) is 60.7 Å². The van der Waals surface area contributed by atoms with Crippen LogP contribution in [0, 0.1) is 0 Å². The van der Waals surface area contributed by atoms with Crippen LogP contribution in [0.4, 0.5) is 0 Å². The van der Waals surface area contributed by atoms with E-state index >= 15 is 0 Å². The second-order valence-electron chi connectivity index (χ2n) is 6.45. The van der Waals surface area contributed by atoms with E-state index in [-0.39, 0.29) is 5.91 Å². The van der Waals surface area contributed by atoms with Gasteiger partial charge in [0, 0.05) is 5.56 Å². The van der Waals surface area contributed by atoms with Crippen LogP contribution < -0.4 is 19.6 Å². The van der Waals surface area contributed by atoms with Crippen molar-refractivity contribution in [1.82, 2.24) is 5.43 Å².